The van der Waals surface area contributed by atoms with Gasteiger partial charge in [-0.2, -0.15) is 0 Å². The minimum atomic E-state index is -1.10. The third-order valence-corrected chi connectivity index (χ3v) is 6.58. The molecule has 0 aliphatic carbocycles. The molecule has 8 heteroatoms. The highest BCUT2D eigenvalue weighted by molar-refractivity contribution is 9.10. The number of nitrogens with one attached hydrogen (secondary N) is 1. The first-order valence-corrected chi connectivity index (χ1v) is 12.9. The zero-order chi connectivity index (χ0) is 25.3. The van der Waals surface area contributed by atoms with Crippen molar-refractivity contribution in [3.8, 4) is 5.75 Å². The average Bonchev–Trinajstić information content (AvgIpc) is 3.17. The summed E-state index contributed by atoms with van der Waals surface area (Å²) in [4.78, 5) is 18.5. The minimum Gasteiger partial charge on any atom is -0.494 e. The number of hydrogen-bond donors (Lipinski definition) is 2. The molecule has 0 saturated heterocycles. The van der Waals surface area contributed by atoms with Crippen molar-refractivity contribution in [3.05, 3.63) is 64.1 Å². The quantitative estimate of drug-likeness (QED) is 0.366. The van der Waals surface area contributed by atoms with Gasteiger partial charge in [0.25, 0.3) is 5.91 Å². The number of carbonyl (C=O) groups is 1. The third-order valence-electron chi connectivity index (χ3n) is 5.80. The Hall–Kier alpha value is -2.42. The summed E-state index contributed by atoms with van der Waals surface area (Å²) in [5, 5.41) is 12.0. The predicted octanol–water partition coefficient (Wildman–Crippen LogP) is 4.29. The summed E-state index contributed by atoms with van der Waals surface area (Å²) in [6.45, 7) is 7.50. The van der Waals surface area contributed by atoms with Crippen LogP contribution in [0.15, 0.2) is 58.0 Å². The van der Waals surface area contributed by atoms with Gasteiger partial charge in [-0.3, -0.25) is 4.79 Å². The van der Waals surface area contributed by atoms with Crippen molar-refractivity contribution in [2.75, 3.05) is 26.4 Å². The van der Waals surface area contributed by atoms with E-state index in [1.165, 1.54) is 0 Å². The van der Waals surface area contributed by atoms with Crippen molar-refractivity contribution in [2.24, 2.45) is 4.99 Å². The van der Waals surface area contributed by atoms with E-state index in [2.05, 4.69) is 21.2 Å². The molecular weight excluding hydrogens is 512 g/mol. The minimum absolute atomic E-state index is 0.0903. The first-order valence-electron chi connectivity index (χ1n) is 12.1. The molecule has 1 aliphatic heterocycles. The molecular formula is C27H35BrN2O5. The molecule has 2 aromatic rings. The van der Waals surface area contributed by atoms with Crippen LogP contribution in [0.3, 0.4) is 0 Å². The van der Waals surface area contributed by atoms with E-state index in [1.54, 1.807) is 0 Å². The highest BCUT2D eigenvalue weighted by Crippen LogP contribution is 2.34. The number of hydrogen-bond acceptors (Lipinski definition) is 6. The molecule has 0 saturated carbocycles. The number of amides is 1. The van der Waals surface area contributed by atoms with Gasteiger partial charge in [0, 0.05) is 42.6 Å². The molecule has 2 N–H and O–H groups in total. The second kappa shape index (κ2) is 13.0. The maximum absolute atomic E-state index is 13.6. The summed E-state index contributed by atoms with van der Waals surface area (Å²) < 4.78 is 18.3. The molecule has 0 aromatic heterocycles. The Balaban J connectivity index is 1.81. The van der Waals surface area contributed by atoms with E-state index in [1.807, 2.05) is 69.3 Å². The molecule has 1 amide bonds. The zero-order valence-electron chi connectivity index (χ0n) is 20.6. The van der Waals surface area contributed by atoms with Crippen LogP contribution in [0, 0.1) is 0 Å². The summed E-state index contributed by atoms with van der Waals surface area (Å²) in [5.41, 5.74) is 0.659. The molecule has 190 valence electrons. The Bertz CT molecular complexity index is 995. The molecule has 0 bridgehead atoms. The fourth-order valence-electron chi connectivity index (χ4n) is 3.82. The van der Waals surface area contributed by atoms with E-state index in [4.69, 9.17) is 24.3 Å². The van der Waals surface area contributed by atoms with E-state index in [9.17, 15) is 4.79 Å². The Labute approximate surface area is 216 Å². The molecule has 0 fully saturated rings. The predicted molar refractivity (Wildman–Crippen MR) is 140 cm³/mol. The number of nitrogens with zero attached hydrogens (tertiary/aromatic N) is 1. The molecule has 0 unspecified atom stereocenters. The van der Waals surface area contributed by atoms with Crippen LogP contribution in [0.4, 0.5) is 0 Å². The maximum Gasteiger partial charge on any atom is 0.252 e. The zero-order valence-corrected chi connectivity index (χ0v) is 22.2. The third kappa shape index (κ3) is 7.29. The van der Waals surface area contributed by atoms with Gasteiger partial charge in [-0.25, -0.2) is 4.99 Å². The van der Waals surface area contributed by atoms with Crippen molar-refractivity contribution in [2.45, 2.75) is 57.8 Å². The lowest BCUT2D eigenvalue weighted by Gasteiger charge is -2.28. The van der Waals surface area contributed by atoms with Crippen LogP contribution in [-0.2, 0) is 20.7 Å². The monoisotopic (exact) mass is 546 g/mol. The number of aliphatic hydroxyl groups excluding tert-OH is 1. The first-order chi connectivity index (χ1) is 16.9. The van der Waals surface area contributed by atoms with Gasteiger partial charge in [-0.1, -0.05) is 34.1 Å². The number of carbonyl (C=O) groups excluding carboxylic acids is 1. The van der Waals surface area contributed by atoms with Gasteiger partial charge in [-0.15, -0.1) is 0 Å². The van der Waals surface area contributed by atoms with Gasteiger partial charge >= 0.3 is 0 Å². The molecule has 35 heavy (non-hydrogen) atoms. The summed E-state index contributed by atoms with van der Waals surface area (Å²) in [7, 11) is 0. The Kier molecular flexibility index (Phi) is 10.1. The van der Waals surface area contributed by atoms with Crippen LogP contribution in [0.5, 0.6) is 5.75 Å². The lowest BCUT2D eigenvalue weighted by atomic mass is 9.86. The van der Waals surface area contributed by atoms with Crippen LogP contribution in [-0.4, -0.2) is 61.0 Å². The average molecular weight is 547 g/mol. The molecule has 3 rings (SSSR count). The Morgan fingerprint density at radius 1 is 1.17 bits per heavy atom. The number of aliphatic imine (C=N–C) groups is 1. The van der Waals surface area contributed by atoms with Gasteiger partial charge in [0.15, 0.2) is 5.54 Å². The second-order valence-corrected chi connectivity index (χ2v) is 9.70. The van der Waals surface area contributed by atoms with Crippen molar-refractivity contribution in [3.63, 3.8) is 0 Å². The van der Waals surface area contributed by atoms with E-state index >= 15 is 0 Å². The van der Waals surface area contributed by atoms with E-state index in [-0.39, 0.29) is 18.6 Å². The van der Waals surface area contributed by atoms with E-state index in [0.29, 0.717) is 44.2 Å². The Morgan fingerprint density at radius 3 is 2.60 bits per heavy atom. The van der Waals surface area contributed by atoms with Crippen molar-refractivity contribution >= 4 is 27.7 Å². The number of benzene rings is 2. The van der Waals surface area contributed by atoms with Gasteiger partial charge in [0.2, 0.25) is 5.90 Å². The smallest absolute Gasteiger partial charge is 0.252 e. The number of ether oxygens (including phenoxy) is 3. The molecule has 0 spiro atoms. The van der Waals surface area contributed by atoms with Crippen LogP contribution in [0.25, 0.3) is 0 Å². The highest BCUT2D eigenvalue weighted by Gasteiger charge is 2.50. The summed E-state index contributed by atoms with van der Waals surface area (Å²) in [6.07, 6.45) is 1.39. The summed E-state index contributed by atoms with van der Waals surface area (Å²) in [6, 6.07) is 15.3. The van der Waals surface area contributed by atoms with Crippen molar-refractivity contribution in [1.82, 2.24) is 5.32 Å². The van der Waals surface area contributed by atoms with Crippen LogP contribution in [0.1, 0.15) is 44.7 Å². The van der Waals surface area contributed by atoms with Crippen LogP contribution in [0.2, 0.25) is 0 Å². The van der Waals surface area contributed by atoms with Crippen molar-refractivity contribution < 1.29 is 24.1 Å². The van der Waals surface area contributed by atoms with Gasteiger partial charge in [0.1, 0.15) is 11.9 Å². The topological polar surface area (TPSA) is 89.4 Å². The van der Waals surface area contributed by atoms with Crippen molar-refractivity contribution in [1.29, 1.82) is 0 Å². The van der Waals surface area contributed by atoms with E-state index < -0.39 is 11.6 Å². The van der Waals surface area contributed by atoms with Gasteiger partial charge in [-0.05, 0) is 63.1 Å². The summed E-state index contributed by atoms with van der Waals surface area (Å²) in [5.74, 6) is 0.976. The number of halogens is 1. The SMILES string of the molecule is CC(C)OCCCNC(=O)[C@]1(Cc2ccccc2Br)N=C(c2ccc(OCCCO)cc2)O[C@@H]1C. The fourth-order valence-corrected chi connectivity index (χ4v) is 4.25. The maximum atomic E-state index is 13.6. The molecule has 1 heterocycles. The lowest BCUT2D eigenvalue weighted by molar-refractivity contribution is -0.128. The molecule has 1 aliphatic rings. The Morgan fingerprint density at radius 2 is 1.91 bits per heavy atom. The standard InChI is InChI=1S/C27H35BrN2O5/c1-19(2)33-16-6-14-29-26(32)27(18-22-8-4-5-9-24(22)28)20(3)35-25(30-27)21-10-12-23(13-11-21)34-17-7-15-31/h4-5,8-13,19-20,31H,6-7,14-18H2,1-3H3,(H,29,32)/t20-,27-/m1/s1. The van der Waals surface area contributed by atoms with E-state index in [0.717, 1.165) is 22.0 Å². The molecule has 2 atom stereocenters. The van der Waals surface area contributed by atoms with Crippen LogP contribution >= 0.6 is 15.9 Å². The van der Waals surface area contributed by atoms with Crippen LogP contribution < -0.4 is 10.1 Å². The number of rotatable bonds is 13. The molecule has 2 aromatic carbocycles. The molecule has 7 nitrogen and oxygen atoms in total. The second-order valence-electron chi connectivity index (χ2n) is 8.85. The first kappa shape index (κ1) is 27.2. The summed E-state index contributed by atoms with van der Waals surface area (Å²) >= 11 is 3.61. The highest BCUT2D eigenvalue weighted by atomic mass is 79.9. The lowest BCUT2D eigenvalue weighted by Crippen LogP contribution is -2.52. The van der Waals surface area contributed by atoms with Gasteiger partial charge < -0.3 is 24.6 Å². The molecule has 0 radical (unpaired) electrons. The number of aliphatic hydroxyl groups is 1. The van der Waals surface area contributed by atoms with Gasteiger partial charge in [0.05, 0.1) is 12.7 Å². The largest absolute Gasteiger partial charge is 0.494 e. The normalized spacial score (nSPS) is 19.4. The fraction of sp³-hybridized carbons (Fsp3) is 0.481.